The minimum Gasteiger partial charge on any atom is -0.508 e. The maximum Gasteiger partial charge on any atom is 0.122 e. The number of phenols is 5. The highest BCUT2D eigenvalue weighted by Crippen LogP contribution is 2.36. The summed E-state index contributed by atoms with van der Waals surface area (Å²) >= 11 is 0. The smallest absolute Gasteiger partial charge is 0.122 e. The van der Waals surface area contributed by atoms with E-state index in [2.05, 4.69) is 0 Å². The first-order valence-electron chi connectivity index (χ1n) is 8.87. The van der Waals surface area contributed by atoms with Crippen LogP contribution in [0.25, 0.3) is 0 Å². The molecule has 0 saturated carbocycles. The predicted molar refractivity (Wildman–Crippen MR) is 104 cm³/mol. The second kappa shape index (κ2) is 8.43. The summed E-state index contributed by atoms with van der Waals surface area (Å²) in [6.45, 7) is 0.313. The Hall–Kier alpha value is -3.54. The SMILES string of the molecule is Oc1cccc(OCCC(Cc2ccc(O)cc2O)c2ccc(O)cc2O)c1. The molecule has 5 N–H and O–H groups in total. The number of hydrogen-bond acceptors (Lipinski definition) is 6. The van der Waals surface area contributed by atoms with Gasteiger partial charge in [-0.2, -0.15) is 0 Å². The predicted octanol–water partition coefficient (Wildman–Crippen LogP) is 4.01. The van der Waals surface area contributed by atoms with Gasteiger partial charge in [0, 0.05) is 18.2 Å². The van der Waals surface area contributed by atoms with Crippen LogP contribution in [0.15, 0.2) is 60.7 Å². The van der Waals surface area contributed by atoms with E-state index in [-0.39, 0.29) is 34.7 Å². The maximum absolute atomic E-state index is 10.3. The molecular weight excluding hydrogens is 360 g/mol. The largest absolute Gasteiger partial charge is 0.508 e. The molecule has 6 nitrogen and oxygen atoms in total. The van der Waals surface area contributed by atoms with Crippen molar-refractivity contribution < 1.29 is 30.3 Å². The second-order valence-corrected chi connectivity index (χ2v) is 6.59. The first kappa shape index (κ1) is 19.2. The van der Waals surface area contributed by atoms with Crippen molar-refractivity contribution in [2.75, 3.05) is 6.61 Å². The van der Waals surface area contributed by atoms with Crippen molar-refractivity contribution in [3.05, 3.63) is 71.8 Å². The molecule has 0 aliphatic heterocycles. The van der Waals surface area contributed by atoms with Crippen LogP contribution >= 0.6 is 0 Å². The van der Waals surface area contributed by atoms with Crippen LogP contribution in [0.5, 0.6) is 34.5 Å². The molecule has 28 heavy (non-hydrogen) atoms. The third-order valence-electron chi connectivity index (χ3n) is 4.54. The summed E-state index contributed by atoms with van der Waals surface area (Å²) in [6.07, 6.45) is 0.905. The lowest BCUT2D eigenvalue weighted by atomic mass is 9.88. The maximum atomic E-state index is 10.3. The van der Waals surface area contributed by atoms with Gasteiger partial charge in [-0.05, 0) is 54.2 Å². The Balaban J connectivity index is 1.79. The zero-order chi connectivity index (χ0) is 20.1. The Morgan fingerprint density at radius 2 is 1.39 bits per heavy atom. The number of benzene rings is 3. The van der Waals surface area contributed by atoms with Gasteiger partial charge in [-0.15, -0.1) is 0 Å². The number of phenolic OH excluding ortho intramolecular Hbond substituents is 5. The topological polar surface area (TPSA) is 110 Å². The van der Waals surface area contributed by atoms with E-state index in [1.165, 1.54) is 30.3 Å². The zero-order valence-corrected chi connectivity index (χ0v) is 15.1. The molecule has 0 radical (unpaired) electrons. The van der Waals surface area contributed by atoms with E-state index >= 15 is 0 Å². The average Bonchev–Trinajstić information content (AvgIpc) is 2.63. The normalized spacial score (nSPS) is 11.9. The number of rotatable bonds is 7. The summed E-state index contributed by atoms with van der Waals surface area (Å²) in [5.41, 5.74) is 1.23. The van der Waals surface area contributed by atoms with Crippen molar-refractivity contribution >= 4 is 0 Å². The third kappa shape index (κ3) is 4.79. The molecule has 0 amide bonds. The summed E-state index contributed by atoms with van der Waals surface area (Å²) in [5.74, 6) is 0.285. The van der Waals surface area contributed by atoms with E-state index in [9.17, 15) is 25.5 Å². The molecule has 0 aromatic heterocycles. The monoisotopic (exact) mass is 382 g/mol. The van der Waals surface area contributed by atoms with E-state index in [1.54, 1.807) is 30.3 Å². The molecule has 6 heteroatoms. The fourth-order valence-electron chi connectivity index (χ4n) is 3.13. The molecule has 146 valence electrons. The molecule has 3 rings (SSSR count). The van der Waals surface area contributed by atoms with Crippen molar-refractivity contribution in [2.24, 2.45) is 0 Å². The highest BCUT2D eigenvalue weighted by atomic mass is 16.5. The lowest BCUT2D eigenvalue weighted by Crippen LogP contribution is -2.09. The van der Waals surface area contributed by atoms with Gasteiger partial charge in [0.15, 0.2) is 0 Å². The lowest BCUT2D eigenvalue weighted by molar-refractivity contribution is 0.293. The van der Waals surface area contributed by atoms with E-state index in [0.29, 0.717) is 36.3 Å². The Morgan fingerprint density at radius 3 is 2.07 bits per heavy atom. The minimum atomic E-state index is -0.214. The van der Waals surface area contributed by atoms with Crippen LogP contribution < -0.4 is 4.74 Å². The van der Waals surface area contributed by atoms with E-state index in [0.717, 1.165) is 0 Å². The van der Waals surface area contributed by atoms with E-state index in [4.69, 9.17) is 4.74 Å². The standard InChI is InChI=1S/C22H22O6/c23-16-2-1-3-19(11-16)28-9-8-14(20-7-6-18(25)13-22(20)27)10-15-4-5-17(24)12-21(15)26/h1-7,11-14,23-27H,8-10H2. The molecule has 0 bridgehead atoms. The Morgan fingerprint density at radius 1 is 0.714 bits per heavy atom. The van der Waals surface area contributed by atoms with Crippen molar-refractivity contribution in [1.82, 2.24) is 0 Å². The fourth-order valence-corrected chi connectivity index (χ4v) is 3.13. The van der Waals surface area contributed by atoms with E-state index in [1.807, 2.05) is 0 Å². The summed E-state index contributed by atoms with van der Waals surface area (Å²) in [6, 6.07) is 15.3. The average molecular weight is 382 g/mol. The van der Waals surface area contributed by atoms with Gasteiger partial charge < -0.3 is 30.3 Å². The summed E-state index contributed by atoms with van der Waals surface area (Å²) in [7, 11) is 0. The molecule has 0 heterocycles. The molecule has 3 aromatic rings. The molecule has 0 aliphatic carbocycles. The first-order valence-corrected chi connectivity index (χ1v) is 8.87. The van der Waals surface area contributed by atoms with Gasteiger partial charge in [-0.1, -0.05) is 18.2 Å². The molecule has 0 saturated heterocycles. The number of ether oxygens (including phenoxy) is 1. The summed E-state index contributed by atoms with van der Waals surface area (Å²) in [5, 5.41) is 49.0. The fraction of sp³-hybridized carbons (Fsp3) is 0.182. The first-order chi connectivity index (χ1) is 13.4. The molecule has 0 aliphatic rings. The van der Waals surface area contributed by atoms with Crippen molar-refractivity contribution in [3.8, 4) is 34.5 Å². The Labute approximate surface area is 162 Å². The number of hydrogen-bond donors (Lipinski definition) is 5. The van der Waals surface area contributed by atoms with Crippen LogP contribution in [0.3, 0.4) is 0 Å². The third-order valence-corrected chi connectivity index (χ3v) is 4.54. The van der Waals surface area contributed by atoms with Crippen LogP contribution in [0.2, 0.25) is 0 Å². The summed E-state index contributed by atoms with van der Waals surface area (Å²) < 4.78 is 5.70. The van der Waals surface area contributed by atoms with Crippen LogP contribution in [0.1, 0.15) is 23.5 Å². The molecule has 3 aromatic carbocycles. The molecular formula is C22H22O6. The lowest BCUT2D eigenvalue weighted by Gasteiger charge is -2.20. The Bertz CT molecular complexity index is 954. The van der Waals surface area contributed by atoms with Crippen molar-refractivity contribution in [2.45, 2.75) is 18.8 Å². The van der Waals surface area contributed by atoms with Crippen LogP contribution in [-0.4, -0.2) is 32.1 Å². The zero-order valence-electron chi connectivity index (χ0n) is 15.1. The van der Waals surface area contributed by atoms with Gasteiger partial charge >= 0.3 is 0 Å². The van der Waals surface area contributed by atoms with Crippen molar-refractivity contribution in [1.29, 1.82) is 0 Å². The van der Waals surface area contributed by atoms with Gasteiger partial charge in [0.05, 0.1) is 6.61 Å². The quantitative estimate of drug-likeness (QED) is 0.422. The van der Waals surface area contributed by atoms with Gasteiger partial charge in [0.1, 0.15) is 34.5 Å². The highest BCUT2D eigenvalue weighted by Gasteiger charge is 2.19. The van der Waals surface area contributed by atoms with Gasteiger partial charge in [0.2, 0.25) is 0 Å². The van der Waals surface area contributed by atoms with E-state index < -0.39 is 0 Å². The molecule has 0 spiro atoms. The van der Waals surface area contributed by atoms with Crippen molar-refractivity contribution in [3.63, 3.8) is 0 Å². The molecule has 1 unspecified atom stereocenters. The minimum absolute atomic E-state index is 0.0301. The molecule has 1 atom stereocenters. The van der Waals surface area contributed by atoms with Crippen LogP contribution in [-0.2, 0) is 6.42 Å². The van der Waals surface area contributed by atoms with Crippen LogP contribution in [0.4, 0.5) is 0 Å². The van der Waals surface area contributed by atoms with Gasteiger partial charge in [-0.25, -0.2) is 0 Å². The second-order valence-electron chi connectivity index (χ2n) is 6.59. The van der Waals surface area contributed by atoms with Gasteiger partial charge in [0.25, 0.3) is 0 Å². The molecule has 0 fully saturated rings. The Kier molecular flexibility index (Phi) is 5.79. The highest BCUT2D eigenvalue weighted by molar-refractivity contribution is 5.44. The van der Waals surface area contributed by atoms with Gasteiger partial charge in [-0.3, -0.25) is 0 Å². The summed E-state index contributed by atoms with van der Waals surface area (Å²) in [4.78, 5) is 0. The number of aromatic hydroxyl groups is 5. The van der Waals surface area contributed by atoms with Crippen LogP contribution in [0, 0.1) is 0 Å².